The van der Waals surface area contributed by atoms with Crippen molar-refractivity contribution in [1.82, 2.24) is 0 Å². The summed E-state index contributed by atoms with van der Waals surface area (Å²) >= 11 is 0. The third kappa shape index (κ3) is 1.73. The molecule has 0 bridgehead atoms. The monoisotopic (exact) mass is 206 g/mol. The predicted octanol–water partition coefficient (Wildman–Crippen LogP) is 0.0303. The zero-order chi connectivity index (χ0) is 11.0. The molecule has 1 atom stereocenters. The fourth-order valence-electron chi connectivity index (χ4n) is 1.49. The lowest BCUT2D eigenvalue weighted by Crippen LogP contribution is -2.28. The largest absolute Gasteiger partial charge is 0.399 e. The first kappa shape index (κ1) is 9.79. The molecule has 1 heterocycles. The lowest BCUT2D eigenvalue weighted by atomic mass is 10.2. The number of nitrogens with two attached hydrogens (primary N) is 2. The molecule has 5 heteroatoms. The Bertz CT molecular complexity index is 416. The van der Waals surface area contributed by atoms with Crippen molar-refractivity contribution in [2.24, 2.45) is 10.8 Å². The number of aryl methyl sites for hydroxylation is 1. The molecule has 0 aromatic heterocycles. The Morgan fingerprint density at radius 2 is 2.20 bits per heavy atom. The van der Waals surface area contributed by atoms with Crippen LogP contribution in [0.4, 0.5) is 11.4 Å². The van der Waals surface area contributed by atoms with Gasteiger partial charge in [0.25, 0.3) is 0 Å². The molecule has 0 fully saturated rings. The third-order valence-corrected chi connectivity index (χ3v) is 2.47. The summed E-state index contributed by atoms with van der Waals surface area (Å²) in [7, 11) is 0. The summed E-state index contributed by atoms with van der Waals surface area (Å²) in [6.45, 7) is 2.33. The molecule has 0 aliphatic carbocycles. The van der Waals surface area contributed by atoms with Gasteiger partial charge in [-0.25, -0.2) is 0 Å². The molecule has 1 aromatic rings. The highest BCUT2D eigenvalue weighted by atomic mass is 16.3. The van der Waals surface area contributed by atoms with Gasteiger partial charge in [-0.15, -0.1) is 0 Å². The van der Waals surface area contributed by atoms with Crippen molar-refractivity contribution in [2.75, 3.05) is 17.3 Å². The topological polar surface area (TPSA) is 87.9 Å². The van der Waals surface area contributed by atoms with Crippen LogP contribution in [-0.4, -0.2) is 23.6 Å². The zero-order valence-electron chi connectivity index (χ0n) is 8.51. The van der Waals surface area contributed by atoms with Crippen molar-refractivity contribution in [2.45, 2.75) is 13.0 Å². The van der Waals surface area contributed by atoms with Crippen LogP contribution in [0.1, 0.15) is 5.56 Å². The van der Waals surface area contributed by atoms with Crippen molar-refractivity contribution in [1.29, 1.82) is 0 Å². The van der Waals surface area contributed by atoms with Crippen LogP contribution in [0.2, 0.25) is 0 Å². The normalized spacial score (nSPS) is 20.5. The van der Waals surface area contributed by atoms with Crippen molar-refractivity contribution in [3.8, 4) is 0 Å². The minimum absolute atomic E-state index is 0.254. The average Bonchev–Trinajstić information content (AvgIpc) is 2.52. The van der Waals surface area contributed by atoms with E-state index in [1.54, 1.807) is 5.01 Å². The number of aliphatic hydroxyl groups is 1. The van der Waals surface area contributed by atoms with Crippen molar-refractivity contribution in [3.05, 3.63) is 23.8 Å². The first-order valence-electron chi connectivity index (χ1n) is 4.73. The van der Waals surface area contributed by atoms with Crippen LogP contribution >= 0.6 is 0 Å². The van der Waals surface area contributed by atoms with Gasteiger partial charge in [-0.2, -0.15) is 5.10 Å². The quantitative estimate of drug-likeness (QED) is 0.566. The Morgan fingerprint density at radius 1 is 1.47 bits per heavy atom. The third-order valence-electron chi connectivity index (χ3n) is 2.47. The number of hydrogen-bond donors (Lipinski definition) is 3. The number of rotatable bonds is 1. The second-order valence-electron chi connectivity index (χ2n) is 3.66. The smallest absolute Gasteiger partial charge is 0.151 e. The molecule has 15 heavy (non-hydrogen) atoms. The van der Waals surface area contributed by atoms with Gasteiger partial charge in [-0.05, 0) is 30.7 Å². The van der Waals surface area contributed by atoms with Crippen LogP contribution in [0.25, 0.3) is 0 Å². The maximum absolute atomic E-state index is 9.43. The van der Waals surface area contributed by atoms with Gasteiger partial charge in [-0.1, -0.05) is 0 Å². The summed E-state index contributed by atoms with van der Waals surface area (Å²) in [4.78, 5) is 0. The SMILES string of the molecule is Cc1cc(N2CC(O)C(N)=N2)ccc1N. The molecule has 1 aliphatic heterocycles. The number of nitrogen functional groups attached to an aromatic ring is 1. The zero-order valence-corrected chi connectivity index (χ0v) is 8.51. The summed E-state index contributed by atoms with van der Waals surface area (Å²) in [5.41, 5.74) is 13.8. The van der Waals surface area contributed by atoms with Gasteiger partial charge in [0.15, 0.2) is 5.84 Å². The number of hydrogen-bond acceptors (Lipinski definition) is 5. The Morgan fingerprint density at radius 3 is 2.73 bits per heavy atom. The van der Waals surface area contributed by atoms with Crippen LogP contribution in [-0.2, 0) is 0 Å². The molecule has 1 aliphatic rings. The van der Waals surface area contributed by atoms with Gasteiger partial charge in [-0.3, -0.25) is 5.01 Å². The van der Waals surface area contributed by atoms with Crippen molar-refractivity contribution >= 4 is 17.2 Å². The van der Waals surface area contributed by atoms with Gasteiger partial charge < -0.3 is 16.6 Å². The van der Waals surface area contributed by atoms with E-state index >= 15 is 0 Å². The molecule has 1 aromatic carbocycles. The van der Waals surface area contributed by atoms with Crippen molar-refractivity contribution < 1.29 is 5.11 Å². The van der Waals surface area contributed by atoms with E-state index in [0.717, 1.165) is 16.9 Å². The molecular formula is C10H14N4O. The fraction of sp³-hybridized carbons (Fsp3) is 0.300. The maximum atomic E-state index is 9.43. The molecule has 2 rings (SSSR count). The highest BCUT2D eigenvalue weighted by Crippen LogP contribution is 2.22. The minimum atomic E-state index is -0.678. The van der Waals surface area contributed by atoms with Gasteiger partial charge in [0, 0.05) is 5.69 Å². The molecule has 0 saturated carbocycles. The van der Waals surface area contributed by atoms with Gasteiger partial charge in [0.1, 0.15) is 6.10 Å². The number of aliphatic hydroxyl groups excluding tert-OH is 1. The molecule has 5 nitrogen and oxygen atoms in total. The van der Waals surface area contributed by atoms with E-state index < -0.39 is 6.10 Å². The van der Waals surface area contributed by atoms with E-state index in [-0.39, 0.29) is 5.84 Å². The molecule has 5 N–H and O–H groups in total. The number of benzene rings is 1. The summed E-state index contributed by atoms with van der Waals surface area (Å²) in [6, 6.07) is 5.60. The second-order valence-corrected chi connectivity index (χ2v) is 3.66. The molecule has 80 valence electrons. The van der Waals surface area contributed by atoms with E-state index in [9.17, 15) is 5.11 Å². The lowest BCUT2D eigenvalue weighted by Gasteiger charge is -2.15. The summed E-state index contributed by atoms with van der Waals surface area (Å²) in [5.74, 6) is 0.254. The lowest BCUT2D eigenvalue weighted by molar-refractivity contribution is 0.254. The Hall–Kier alpha value is -1.75. The minimum Gasteiger partial charge on any atom is -0.399 e. The molecule has 0 radical (unpaired) electrons. The molecule has 1 unspecified atom stereocenters. The van der Waals surface area contributed by atoms with E-state index in [0.29, 0.717) is 6.54 Å². The molecular weight excluding hydrogens is 192 g/mol. The van der Waals surface area contributed by atoms with Gasteiger partial charge in [0.2, 0.25) is 0 Å². The highest BCUT2D eigenvalue weighted by molar-refractivity contribution is 5.88. The summed E-state index contributed by atoms with van der Waals surface area (Å²) in [5, 5.41) is 15.2. The second kappa shape index (κ2) is 3.43. The summed E-state index contributed by atoms with van der Waals surface area (Å²) < 4.78 is 0. The standard InChI is InChI=1S/C10H14N4O/c1-6-4-7(2-3-8(6)11)14-5-9(15)10(12)13-14/h2-4,9,15H,5,11H2,1H3,(H2,12,13). The average molecular weight is 206 g/mol. The highest BCUT2D eigenvalue weighted by Gasteiger charge is 2.22. The first-order chi connectivity index (χ1) is 7.08. The fourth-order valence-corrected chi connectivity index (χ4v) is 1.49. The van der Waals surface area contributed by atoms with Crippen LogP contribution in [0.5, 0.6) is 0 Å². The van der Waals surface area contributed by atoms with Gasteiger partial charge >= 0.3 is 0 Å². The van der Waals surface area contributed by atoms with E-state index in [1.165, 1.54) is 0 Å². The maximum Gasteiger partial charge on any atom is 0.151 e. The Labute approximate surface area is 88.0 Å². The number of hydrazone groups is 1. The van der Waals surface area contributed by atoms with Crippen molar-refractivity contribution in [3.63, 3.8) is 0 Å². The Balaban J connectivity index is 2.28. The number of nitrogens with zero attached hydrogens (tertiary/aromatic N) is 2. The van der Waals surface area contributed by atoms with E-state index in [4.69, 9.17) is 11.5 Å². The van der Waals surface area contributed by atoms with Crippen LogP contribution in [0.15, 0.2) is 23.3 Å². The molecule has 0 saturated heterocycles. The predicted molar refractivity (Wildman–Crippen MR) is 60.6 cm³/mol. The molecule has 0 amide bonds. The molecule has 0 spiro atoms. The van der Waals surface area contributed by atoms with Crippen LogP contribution in [0, 0.1) is 6.92 Å². The summed E-state index contributed by atoms with van der Waals surface area (Å²) in [6.07, 6.45) is -0.678. The van der Waals surface area contributed by atoms with Gasteiger partial charge in [0.05, 0.1) is 12.2 Å². The van der Waals surface area contributed by atoms with E-state index in [1.807, 2.05) is 25.1 Å². The number of β-amino-alcohol motifs (C(OH)–C–C–N with tert-alkyl or cyclic N) is 1. The van der Waals surface area contributed by atoms with Crippen LogP contribution in [0.3, 0.4) is 0 Å². The first-order valence-corrected chi connectivity index (χ1v) is 4.73. The van der Waals surface area contributed by atoms with E-state index in [2.05, 4.69) is 5.10 Å². The number of amidine groups is 1. The number of anilines is 2. The van der Waals surface area contributed by atoms with Crippen LogP contribution < -0.4 is 16.5 Å². The Kier molecular flexibility index (Phi) is 2.24.